The van der Waals surface area contributed by atoms with Crippen molar-refractivity contribution in [3.63, 3.8) is 0 Å². The van der Waals surface area contributed by atoms with Crippen molar-refractivity contribution in [3.05, 3.63) is 34.1 Å². The third-order valence-electron chi connectivity index (χ3n) is 2.42. The Morgan fingerprint density at radius 2 is 1.80 bits per heavy atom. The Labute approximate surface area is 125 Å². The van der Waals surface area contributed by atoms with E-state index in [0.717, 1.165) is 22.5 Å². The molecule has 0 aliphatic rings. The van der Waals surface area contributed by atoms with Gasteiger partial charge in [-0.05, 0) is 12.1 Å². The summed E-state index contributed by atoms with van der Waals surface area (Å²) < 4.78 is 39.0. The summed E-state index contributed by atoms with van der Waals surface area (Å²) in [6.45, 7) is -0.158. The highest BCUT2D eigenvalue weighted by Gasteiger charge is 2.33. The first-order chi connectivity index (χ1) is 9.36. The van der Waals surface area contributed by atoms with Crippen molar-refractivity contribution in [2.24, 2.45) is 0 Å². The SMILES string of the molecule is O=[N+]([O-])c1c(F)cccc1S(=O)(=O)N(CCCl)CCCl. The third-order valence-corrected chi connectivity index (χ3v) is 4.69. The monoisotopic (exact) mass is 344 g/mol. The van der Waals surface area contributed by atoms with Gasteiger partial charge in [-0.1, -0.05) is 6.07 Å². The second kappa shape index (κ2) is 7.16. The van der Waals surface area contributed by atoms with Crippen molar-refractivity contribution >= 4 is 38.9 Å². The maximum atomic E-state index is 13.5. The van der Waals surface area contributed by atoms with Crippen LogP contribution in [0.3, 0.4) is 0 Å². The molecule has 0 bridgehead atoms. The van der Waals surface area contributed by atoms with Crippen LogP contribution >= 0.6 is 23.2 Å². The molecule has 112 valence electrons. The molecular formula is C10H11Cl2FN2O4S. The molecular weight excluding hydrogens is 334 g/mol. The van der Waals surface area contributed by atoms with Gasteiger partial charge < -0.3 is 0 Å². The highest BCUT2D eigenvalue weighted by Crippen LogP contribution is 2.29. The zero-order valence-corrected chi connectivity index (χ0v) is 12.5. The van der Waals surface area contributed by atoms with Crippen LogP contribution in [0.15, 0.2) is 23.1 Å². The molecule has 0 saturated heterocycles. The Morgan fingerprint density at radius 3 is 2.25 bits per heavy atom. The number of benzene rings is 1. The predicted octanol–water partition coefficient (Wildman–Crippen LogP) is 2.20. The second-order valence-electron chi connectivity index (χ2n) is 3.63. The first-order valence-corrected chi connectivity index (χ1v) is 7.92. The summed E-state index contributed by atoms with van der Waals surface area (Å²) in [6, 6.07) is 2.89. The van der Waals surface area contributed by atoms with E-state index in [1.54, 1.807) is 0 Å². The molecule has 1 rings (SSSR count). The maximum absolute atomic E-state index is 13.5. The van der Waals surface area contributed by atoms with Crippen LogP contribution in [0, 0.1) is 15.9 Å². The number of nitro benzene ring substituents is 1. The quantitative estimate of drug-likeness (QED) is 0.431. The van der Waals surface area contributed by atoms with Gasteiger partial charge in [0.05, 0.1) is 4.92 Å². The lowest BCUT2D eigenvalue weighted by Gasteiger charge is -2.19. The molecule has 1 aromatic carbocycles. The third kappa shape index (κ3) is 3.57. The van der Waals surface area contributed by atoms with E-state index < -0.39 is 31.3 Å². The maximum Gasteiger partial charge on any atom is 0.324 e. The minimum atomic E-state index is -4.24. The van der Waals surface area contributed by atoms with Gasteiger partial charge in [0.2, 0.25) is 15.8 Å². The number of alkyl halides is 2. The van der Waals surface area contributed by atoms with Crippen molar-refractivity contribution in [3.8, 4) is 0 Å². The van der Waals surface area contributed by atoms with Gasteiger partial charge in [0.1, 0.15) is 0 Å². The fraction of sp³-hybridized carbons (Fsp3) is 0.400. The number of hydrogen-bond donors (Lipinski definition) is 0. The summed E-state index contributed by atoms with van der Waals surface area (Å²) in [5.41, 5.74) is -1.08. The summed E-state index contributed by atoms with van der Waals surface area (Å²) >= 11 is 11.0. The lowest BCUT2D eigenvalue weighted by molar-refractivity contribution is -0.390. The molecule has 0 spiro atoms. The molecule has 0 atom stereocenters. The van der Waals surface area contributed by atoms with Crippen LogP contribution in [0.2, 0.25) is 0 Å². The van der Waals surface area contributed by atoms with E-state index in [4.69, 9.17) is 23.2 Å². The first-order valence-electron chi connectivity index (χ1n) is 5.41. The number of halogens is 3. The van der Waals surface area contributed by atoms with Crippen LogP contribution in [0.25, 0.3) is 0 Å². The highest BCUT2D eigenvalue weighted by atomic mass is 35.5. The fourth-order valence-corrected chi connectivity index (χ4v) is 3.78. The van der Waals surface area contributed by atoms with Crippen molar-refractivity contribution in [2.75, 3.05) is 24.8 Å². The Kier molecular flexibility index (Phi) is 6.12. The lowest BCUT2D eigenvalue weighted by Crippen LogP contribution is -2.34. The van der Waals surface area contributed by atoms with Crippen LogP contribution in [0.4, 0.5) is 10.1 Å². The summed E-state index contributed by atoms with van der Waals surface area (Å²) in [7, 11) is -4.24. The van der Waals surface area contributed by atoms with Gasteiger partial charge in [0.15, 0.2) is 4.90 Å². The summed E-state index contributed by atoms with van der Waals surface area (Å²) in [4.78, 5) is 9.08. The van der Waals surface area contributed by atoms with Gasteiger partial charge in [-0.25, -0.2) is 8.42 Å². The van der Waals surface area contributed by atoms with E-state index in [-0.39, 0.29) is 24.8 Å². The molecule has 20 heavy (non-hydrogen) atoms. The Hall–Kier alpha value is -0.960. The van der Waals surface area contributed by atoms with Crippen molar-refractivity contribution in [1.82, 2.24) is 4.31 Å². The van der Waals surface area contributed by atoms with Gasteiger partial charge in [0, 0.05) is 24.8 Å². The van der Waals surface area contributed by atoms with E-state index >= 15 is 0 Å². The van der Waals surface area contributed by atoms with Crippen molar-refractivity contribution in [1.29, 1.82) is 0 Å². The number of para-hydroxylation sites is 1. The zero-order valence-electron chi connectivity index (χ0n) is 10.1. The number of nitro groups is 1. The summed E-state index contributed by atoms with van der Waals surface area (Å²) in [6.07, 6.45) is 0. The number of rotatable bonds is 7. The number of hydrogen-bond acceptors (Lipinski definition) is 4. The van der Waals surface area contributed by atoms with E-state index in [2.05, 4.69) is 0 Å². The zero-order chi connectivity index (χ0) is 15.3. The van der Waals surface area contributed by atoms with Gasteiger partial charge in [-0.2, -0.15) is 8.70 Å². The molecule has 0 unspecified atom stereocenters. The van der Waals surface area contributed by atoms with Gasteiger partial charge >= 0.3 is 5.69 Å². The smallest absolute Gasteiger partial charge is 0.258 e. The minimum absolute atomic E-state index is 0.0147. The Morgan fingerprint density at radius 1 is 1.25 bits per heavy atom. The lowest BCUT2D eigenvalue weighted by atomic mass is 10.3. The van der Waals surface area contributed by atoms with Gasteiger partial charge in [-0.15, -0.1) is 23.2 Å². The molecule has 6 nitrogen and oxygen atoms in total. The normalized spacial score (nSPS) is 11.8. The van der Waals surface area contributed by atoms with E-state index in [1.807, 2.05) is 0 Å². The predicted molar refractivity (Wildman–Crippen MR) is 73.3 cm³/mol. The average Bonchev–Trinajstić information content (AvgIpc) is 2.37. The highest BCUT2D eigenvalue weighted by molar-refractivity contribution is 7.89. The van der Waals surface area contributed by atoms with Crippen LogP contribution in [0.1, 0.15) is 0 Å². The summed E-state index contributed by atoms with van der Waals surface area (Å²) in [5.74, 6) is -1.24. The molecule has 0 aromatic heterocycles. The van der Waals surface area contributed by atoms with Crippen LogP contribution in [0.5, 0.6) is 0 Å². The molecule has 0 aliphatic carbocycles. The van der Waals surface area contributed by atoms with Gasteiger partial charge in [0.25, 0.3) is 0 Å². The van der Waals surface area contributed by atoms with Crippen LogP contribution in [-0.2, 0) is 10.0 Å². The first kappa shape index (κ1) is 17.1. The number of sulfonamides is 1. The van der Waals surface area contributed by atoms with Gasteiger partial charge in [-0.3, -0.25) is 10.1 Å². The van der Waals surface area contributed by atoms with Crippen LogP contribution in [-0.4, -0.2) is 42.5 Å². The van der Waals surface area contributed by atoms with Crippen molar-refractivity contribution in [2.45, 2.75) is 4.90 Å². The van der Waals surface area contributed by atoms with E-state index in [0.29, 0.717) is 0 Å². The Bertz CT molecular complexity index is 591. The van der Waals surface area contributed by atoms with E-state index in [1.165, 1.54) is 0 Å². The van der Waals surface area contributed by atoms with Crippen LogP contribution < -0.4 is 0 Å². The minimum Gasteiger partial charge on any atom is -0.258 e. The molecule has 0 heterocycles. The molecule has 0 N–H and O–H groups in total. The van der Waals surface area contributed by atoms with Crippen molar-refractivity contribution < 1.29 is 17.7 Å². The number of nitrogens with zero attached hydrogens (tertiary/aromatic N) is 2. The molecule has 1 aromatic rings. The topological polar surface area (TPSA) is 80.5 Å². The second-order valence-corrected chi connectivity index (χ2v) is 6.29. The average molecular weight is 345 g/mol. The summed E-state index contributed by atoms with van der Waals surface area (Å²) in [5, 5.41) is 10.9. The van der Waals surface area contributed by atoms with E-state index in [9.17, 15) is 22.9 Å². The molecule has 10 heteroatoms. The largest absolute Gasteiger partial charge is 0.324 e. The molecule has 0 fully saturated rings. The molecule has 0 saturated carbocycles. The molecule has 0 radical (unpaired) electrons. The Balaban J connectivity index is 3.41. The molecule has 0 aliphatic heterocycles. The standard InChI is InChI=1S/C10H11Cl2FN2O4S/c11-4-6-14(7-5-12)20(18,19)9-3-1-2-8(13)10(9)15(16)17/h1-3H,4-7H2. The molecule has 0 amide bonds. The fourth-order valence-electron chi connectivity index (χ4n) is 1.56.